The van der Waals surface area contributed by atoms with Gasteiger partial charge in [0, 0.05) is 25.0 Å². The van der Waals surface area contributed by atoms with Gasteiger partial charge in [0.2, 0.25) is 0 Å². The Hall–Kier alpha value is -0.560. The highest BCUT2D eigenvalue weighted by Crippen LogP contribution is 2.16. The Labute approximate surface area is 164 Å². The number of nitrogens with zero attached hydrogens (tertiary/aromatic N) is 1. The largest absolute Gasteiger partial charge is 1.00 e. The first-order valence-corrected chi connectivity index (χ1v) is 10.8. The summed E-state index contributed by atoms with van der Waals surface area (Å²) < 4.78 is 2.39. The molecule has 1 unspecified atom stereocenters. The molecule has 0 spiro atoms. The van der Waals surface area contributed by atoms with Crippen molar-refractivity contribution in [3.63, 3.8) is 0 Å². The maximum Gasteiger partial charge on any atom is 0.169 e. The predicted molar refractivity (Wildman–Crippen MR) is 106 cm³/mol. The molecule has 0 aromatic carbocycles. The van der Waals surface area contributed by atoms with Gasteiger partial charge in [0.1, 0.15) is 0 Å². The van der Waals surface area contributed by atoms with Crippen molar-refractivity contribution in [2.75, 3.05) is 0 Å². The second kappa shape index (κ2) is 18.2. The van der Waals surface area contributed by atoms with Crippen LogP contribution in [-0.4, -0.2) is 0 Å². The first kappa shape index (κ1) is 24.4. The smallest absolute Gasteiger partial charge is 0.169 e. The van der Waals surface area contributed by atoms with Gasteiger partial charge in [0.05, 0.1) is 0 Å². The fourth-order valence-electron chi connectivity index (χ4n) is 3.62. The van der Waals surface area contributed by atoms with Gasteiger partial charge in [-0.1, -0.05) is 97.0 Å². The fourth-order valence-corrected chi connectivity index (χ4v) is 3.62. The minimum absolute atomic E-state index is 0. The third-order valence-corrected chi connectivity index (χ3v) is 5.27. The Balaban J connectivity index is 0.00000576. The third-order valence-electron chi connectivity index (χ3n) is 5.27. The van der Waals surface area contributed by atoms with Crippen LogP contribution in [0.1, 0.15) is 116 Å². The molecule has 2 heteroatoms. The molecule has 0 aliphatic carbocycles. The van der Waals surface area contributed by atoms with Crippen LogP contribution in [0.15, 0.2) is 30.6 Å². The molecule has 1 heterocycles. The van der Waals surface area contributed by atoms with Crippen molar-refractivity contribution < 1.29 is 17.0 Å². The van der Waals surface area contributed by atoms with Crippen LogP contribution in [-0.2, 0) is 0 Å². The molecular formula is C23H42ClN. The lowest BCUT2D eigenvalue weighted by Crippen LogP contribution is -3.00. The Bertz CT molecular complexity index is 366. The summed E-state index contributed by atoms with van der Waals surface area (Å²) in [6.07, 6.45) is 25.7. The first-order chi connectivity index (χ1) is 11.9. The topological polar surface area (TPSA) is 3.88 Å². The van der Waals surface area contributed by atoms with Crippen molar-refractivity contribution in [1.82, 2.24) is 0 Å². The van der Waals surface area contributed by atoms with E-state index in [1.54, 1.807) is 0 Å². The van der Waals surface area contributed by atoms with Crippen LogP contribution in [0.3, 0.4) is 0 Å². The van der Waals surface area contributed by atoms with Gasteiger partial charge in [0.25, 0.3) is 0 Å². The second-order valence-corrected chi connectivity index (χ2v) is 7.42. The second-order valence-electron chi connectivity index (χ2n) is 7.42. The summed E-state index contributed by atoms with van der Waals surface area (Å²) in [5.74, 6) is 0. The van der Waals surface area contributed by atoms with Crippen LogP contribution in [0.2, 0.25) is 0 Å². The average Bonchev–Trinajstić information content (AvgIpc) is 2.63. The molecule has 0 saturated heterocycles. The SMILES string of the molecule is CCCCCCCCCCCCCCCC(CC)[n+]1ccccc1.[Cl-]. The van der Waals surface area contributed by atoms with Gasteiger partial charge in [-0.05, 0) is 6.42 Å². The van der Waals surface area contributed by atoms with Crippen LogP contribution >= 0.6 is 0 Å². The van der Waals surface area contributed by atoms with E-state index in [0.717, 1.165) is 0 Å². The Morgan fingerprint density at radius 1 is 0.600 bits per heavy atom. The van der Waals surface area contributed by atoms with Crippen LogP contribution in [0, 0.1) is 0 Å². The van der Waals surface area contributed by atoms with Crippen LogP contribution in [0.25, 0.3) is 0 Å². The molecule has 0 N–H and O–H groups in total. The summed E-state index contributed by atoms with van der Waals surface area (Å²) in [4.78, 5) is 0. The highest BCUT2D eigenvalue weighted by Gasteiger charge is 2.14. The lowest BCUT2D eigenvalue weighted by molar-refractivity contribution is -0.724. The fraction of sp³-hybridized carbons (Fsp3) is 0.783. The number of hydrogen-bond acceptors (Lipinski definition) is 0. The molecule has 0 bridgehead atoms. The van der Waals surface area contributed by atoms with E-state index in [1.165, 1.54) is 96.3 Å². The van der Waals surface area contributed by atoms with Gasteiger partial charge >= 0.3 is 0 Å². The van der Waals surface area contributed by atoms with Crippen LogP contribution in [0.5, 0.6) is 0 Å². The Morgan fingerprint density at radius 2 is 1.04 bits per heavy atom. The monoisotopic (exact) mass is 367 g/mol. The zero-order chi connectivity index (χ0) is 17.3. The zero-order valence-corrected chi connectivity index (χ0v) is 17.7. The molecule has 1 aromatic rings. The number of halogens is 1. The van der Waals surface area contributed by atoms with Crippen molar-refractivity contribution >= 4 is 0 Å². The molecule has 0 aliphatic heterocycles. The molecule has 1 rings (SSSR count). The quantitative estimate of drug-likeness (QED) is 0.301. The van der Waals surface area contributed by atoms with Gasteiger partial charge in [-0.15, -0.1) is 0 Å². The number of rotatable bonds is 16. The number of unbranched alkanes of at least 4 members (excludes halogenated alkanes) is 12. The maximum absolute atomic E-state index is 2.39. The van der Waals surface area contributed by atoms with Gasteiger partial charge < -0.3 is 12.4 Å². The van der Waals surface area contributed by atoms with E-state index in [9.17, 15) is 0 Å². The molecule has 0 saturated carbocycles. The molecule has 1 atom stereocenters. The summed E-state index contributed by atoms with van der Waals surface area (Å²) in [5, 5.41) is 0. The normalized spacial score (nSPS) is 11.9. The van der Waals surface area contributed by atoms with Crippen LogP contribution in [0.4, 0.5) is 0 Å². The minimum Gasteiger partial charge on any atom is -1.00 e. The van der Waals surface area contributed by atoms with E-state index in [-0.39, 0.29) is 12.4 Å². The molecule has 0 amide bonds. The molecule has 146 valence electrons. The highest BCUT2D eigenvalue weighted by molar-refractivity contribution is 4.84. The van der Waals surface area contributed by atoms with E-state index < -0.39 is 0 Å². The van der Waals surface area contributed by atoms with E-state index in [4.69, 9.17) is 0 Å². The summed E-state index contributed by atoms with van der Waals surface area (Å²) in [5.41, 5.74) is 0. The third kappa shape index (κ3) is 13.3. The van der Waals surface area contributed by atoms with E-state index in [2.05, 4.69) is 49.0 Å². The van der Waals surface area contributed by atoms with Crippen molar-refractivity contribution in [2.24, 2.45) is 0 Å². The maximum atomic E-state index is 2.39. The molecule has 0 fully saturated rings. The van der Waals surface area contributed by atoms with Crippen molar-refractivity contribution in [2.45, 2.75) is 116 Å². The van der Waals surface area contributed by atoms with Crippen molar-refractivity contribution in [1.29, 1.82) is 0 Å². The lowest BCUT2D eigenvalue weighted by Gasteiger charge is -2.10. The molecule has 1 nitrogen and oxygen atoms in total. The van der Waals surface area contributed by atoms with Crippen molar-refractivity contribution in [3.8, 4) is 0 Å². The van der Waals surface area contributed by atoms with Crippen LogP contribution < -0.4 is 17.0 Å². The van der Waals surface area contributed by atoms with E-state index in [0.29, 0.717) is 6.04 Å². The van der Waals surface area contributed by atoms with Gasteiger partial charge in [-0.2, -0.15) is 0 Å². The minimum atomic E-state index is 0. The standard InChI is InChI=1S/C23H42N.ClH/c1-3-5-6-7-8-9-10-11-12-13-14-15-17-20-23(4-2)24-21-18-16-19-22-24;/h16,18-19,21-23H,3-15,17,20H2,1-2H3;1H/q+1;/p-1. The number of pyridine rings is 1. The zero-order valence-electron chi connectivity index (χ0n) is 16.9. The Kier molecular flexibility index (Phi) is 17.8. The van der Waals surface area contributed by atoms with Gasteiger partial charge in [-0.25, -0.2) is 4.57 Å². The molecule has 0 radical (unpaired) electrons. The predicted octanol–water partition coefficient (Wildman–Crippen LogP) is 4.41. The molecule has 1 aromatic heterocycles. The highest BCUT2D eigenvalue weighted by atomic mass is 35.5. The van der Waals surface area contributed by atoms with Gasteiger partial charge in [0.15, 0.2) is 18.4 Å². The summed E-state index contributed by atoms with van der Waals surface area (Å²) in [6, 6.07) is 7.09. The number of hydrogen-bond donors (Lipinski definition) is 0. The number of aromatic nitrogens is 1. The molecular weight excluding hydrogens is 326 g/mol. The summed E-state index contributed by atoms with van der Waals surface area (Å²) >= 11 is 0. The summed E-state index contributed by atoms with van der Waals surface area (Å²) in [6.45, 7) is 4.61. The molecule has 0 aliphatic rings. The van der Waals surface area contributed by atoms with Gasteiger partial charge in [-0.3, -0.25) is 0 Å². The molecule has 25 heavy (non-hydrogen) atoms. The van der Waals surface area contributed by atoms with Crippen molar-refractivity contribution in [3.05, 3.63) is 30.6 Å². The van der Waals surface area contributed by atoms with E-state index >= 15 is 0 Å². The van der Waals surface area contributed by atoms with E-state index in [1.807, 2.05) is 0 Å². The summed E-state index contributed by atoms with van der Waals surface area (Å²) in [7, 11) is 0. The first-order valence-electron chi connectivity index (χ1n) is 10.8. The average molecular weight is 368 g/mol. The Morgan fingerprint density at radius 3 is 1.48 bits per heavy atom. The lowest BCUT2D eigenvalue weighted by atomic mass is 10.0.